The molecule has 6 heteroatoms. The Labute approximate surface area is 201 Å². The summed E-state index contributed by atoms with van der Waals surface area (Å²) in [5.74, 6) is 5.24. The Bertz CT molecular complexity index is 772. The summed E-state index contributed by atoms with van der Waals surface area (Å²) in [5, 5.41) is 30.0. The molecule has 0 aromatic carbocycles. The number of aliphatic hydroxyl groups excluding tert-OH is 2. The summed E-state index contributed by atoms with van der Waals surface area (Å²) < 4.78 is 6.29. The predicted octanol–water partition coefficient (Wildman–Crippen LogP) is 2.72. The van der Waals surface area contributed by atoms with Crippen molar-refractivity contribution in [1.82, 2.24) is 0 Å². The average molecular weight is 425 g/mol. The normalized spacial score (nSPS) is 28.6. The number of carbonyl (C=O) groups is 1. The van der Waals surface area contributed by atoms with E-state index in [0.717, 1.165) is 17.6 Å². The first-order valence-electron chi connectivity index (χ1n) is 10.7. The Hall–Kier alpha value is -0.870. The molecule has 0 amide bonds. The van der Waals surface area contributed by atoms with Gasteiger partial charge < -0.3 is 20.1 Å². The monoisotopic (exact) mass is 424 g/mol. The molecule has 1 saturated carbocycles. The van der Waals surface area contributed by atoms with Crippen LogP contribution >= 0.6 is 0 Å². The van der Waals surface area contributed by atoms with Gasteiger partial charge in [0.25, 0.3) is 0 Å². The van der Waals surface area contributed by atoms with E-state index in [2.05, 4.69) is 17.9 Å². The topological polar surface area (TPSA) is 87.0 Å². The third kappa shape index (κ3) is 5.88. The van der Waals surface area contributed by atoms with Crippen molar-refractivity contribution in [2.75, 3.05) is 0 Å². The Kier molecular flexibility index (Phi) is 9.87. The number of ether oxygens (including phenoxy) is 1. The number of hydrogen-bond acceptors (Lipinski definition) is 4. The van der Waals surface area contributed by atoms with Gasteiger partial charge in [0, 0.05) is 25.2 Å². The van der Waals surface area contributed by atoms with Crippen molar-refractivity contribution < 1.29 is 24.9 Å². The minimum absolute atomic E-state index is 0. The molecule has 0 spiro atoms. The van der Waals surface area contributed by atoms with Crippen LogP contribution in [0.4, 0.5) is 0 Å². The van der Waals surface area contributed by atoms with Gasteiger partial charge in [-0.1, -0.05) is 25.2 Å². The van der Waals surface area contributed by atoms with Crippen molar-refractivity contribution in [3.8, 4) is 11.8 Å². The Morgan fingerprint density at radius 1 is 1.40 bits per heavy atom. The van der Waals surface area contributed by atoms with Crippen molar-refractivity contribution in [2.45, 2.75) is 83.2 Å². The van der Waals surface area contributed by atoms with Gasteiger partial charge in [-0.3, -0.25) is 4.79 Å². The van der Waals surface area contributed by atoms with Crippen molar-refractivity contribution in [2.24, 2.45) is 11.8 Å². The summed E-state index contributed by atoms with van der Waals surface area (Å²) >= 11 is 0. The zero-order valence-electron chi connectivity index (χ0n) is 17.3. The van der Waals surface area contributed by atoms with Gasteiger partial charge in [0.1, 0.15) is 6.10 Å². The first-order chi connectivity index (χ1) is 13.9. The molecule has 6 unspecified atom stereocenters. The number of aliphatic carboxylic acids is 1. The Morgan fingerprint density at radius 2 is 2.17 bits per heavy atom. The van der Waals surface area contributed by atoms with Crippen LogP contribution in [0.2, 0.25) is 0 Å². The van der Waals surface area contributed by atoms with Crippen LogP contribution < -0.4 is 0 Å². The van der Waals surface area contributed by atoms with E-state index in [9.17, 15) is 15.0 Å². The van der Waals surface area contributed by atoms with E-state index < -0.39 is 18.2 Å². The average Bonchev–Trinajstić information content (AvgIpc) is 3.19. The van der Waals surface area contributed by atoms with E-state index in [1.807, 2.05) is 19.1 Å². The third-order valence-electron chi connectivity index (χ3n) is 6.39. The maximum absolute atomic E-state index is 10.8. The summed E-state index contributed by atoms with van der Waals surface area (Å²) in [6.07, 6.45) is 9.10. The second-order valence-corrected chi connectivity index (χ2v) is 8.43. The van der Waals surface area contributed by atoms with Crippen LogP contribution in [-0.2, 0) is 9.53 Å². The summed E-state index contributed by atoms with van der Waals surface area (Å²) in [7, 11) is 0. The molecule has 30 heavy (non-hydrogen) atoms. The molecule has 1 fully saturated rings. The van der Waals surface area contributed by atoms with Gasteiger partial charge in [0.15, 0.2) is 0 Å². The van der Waals surface area contributed by atoms with Gasteiger partial charge in [0.2, 0.25) is 0 Å². The quantitative estimate of drug-likeness (QED) is 0.391. The van der Waals surface area contributed by atoms with Crippen LogP contribution in [0, 0.1) is 23.7 Å². The molecule has 2 aliphatic carbocycles. The Morgan fingerprint density at radius 3 is 2.87 bits per heavy atom. The van der Waals surface area contributed by atoms with E-state index in [1.54, 1.807) is 6.92 Å². The second kappa shape index (κ2) is 11.7. The fraction of sp³-hybridized carbons (Fsp3) is 0.625. The first-order valence-corrected chi connectivity index (χ1v) is 10.7. The molecule has 5 nitrogen and oxygen atoms in total. The summed E-state index contributed by atoms with van der Waals surface area (Å²) in [5.41, 5.74) is 3.42. The zero-order chi connectivity index (χ0) is 21.0. The number of rotatable bonds is 9. The van der Waals surface area contributed by atoms with E-state index in [4.69, 9.17) is 9.84 Å². The van der Waals surface area contributed by atoms with Gasteiger partial charge in [-0.25, -0.2) is 0 Å². The van der Waals surface area contributed by atoms with Crippen molar-refractivity contribution in [1.29, 1.82) is 0 Å². The second-order valence-electron chi connectivity index (χ2n) is 8.43. The molecular formula is C24H33NaO5. The maximum atomic E-state index is 10.8. The molecule has 0 radical (unpaired) electrons. The first kappa shape index (κ1) is 25.4. The molecule has 6 atom stereocenters. The molecule has 0 aromatic rings. The molecular weight excluding hydrogens is 391 g/mol. The molecule has 1 heterocycles. The fourth-order valence-corrected chi connectivity index (χ4v) is 4.75. The van der Waals surface area contributed by atoms with E-state index in [0.29, 0.717) is 32.1 Å². The van der Waals surface area contributed by atoms with Crippen molar-refractivity contribution in [3.05, 3.63) is 34.9 Å². The van der Waals surface area contributed by atoms with Gasteiger partial charge in [-0.05, 0) is 55.2 Å². The Balaban J connectivity index is 0.00000320. The molecule has 1 aliphatic heterocycles. The van der Waals surface area contributed by atoms with Crippen molar-refractivity contribution in [3.63, 3.8) is 0 Å². The van der Waals surface area contributed by atoms with Crippen LogP contribution in [0.5, 0.6) is 0 Å². The van der Waals surface area contributed by atoms with E-state index in [1.165, 1.54) is 5.57 Å². The molecule has 160 valence electrons. The van der Waals surface area contributed by atoms with Gasteiger partial charge in [0.05, 0.1) is 18.3 Å². The van der Waals surface area contributed by atoms with E-state index in [-0.39, 0.29) is 60.0 Å². The van der Waals surface area contributed by atoms with Crippen molar-refractivity contribution >= 4 is 35.5 Å². The summed E-state index contributed by atoms with van der Waals surface area (Å²) in [6.45, 7) is 3.82. The van der Waals surface area contributed by atoms with Crippen LogP contribution in [0.15, 0.2) is 34.9 Å². The molecule has 0 aromatic heterocycles. The SMILES string of the molecule is CC#CCC(C)C(O)CCC1C2=C3C=CC=C(CCCC(=O)O)C3OC2CC1O.[NaH]. The zero-order valence-corrected chi connectivity index (χ0v) is 17.3. The minimum atomic E-state index is -0.777. The van der Waals surface area contributed by atoms with Crippen LogP contribution in [0.3, 0.4) is 0 Å². The predicted molar refractivity (Wildman–Crippen MR) is 118 cm³/mol. The van der Waals surface area contributed by atoms with Crippen LogP contribution in [0.25, 0.3) is 0 Å². The number of allylic oxidation sites excluding steroid dienone is 2. The molecule has 0 saturated heterocycles. The standard InChI is InChI=1S/C24H32O5.Na.H/c1-3-4-7-15(2)19(25)13-12-17-20(26)14-21-23(17)18-10-5-8-16(24(18)29-21)9-6-11-22(27)28;;/h5,8,10,15,17,19-21,24-26H,6-7,9,11-14H2,1-2H3,(H,27,28);;. The number of carboxylic acid groups (broad SMARTS) is 1. The summed E-state index contributed by atoms with van der Waals surface area (Å²) in [6, 6.07) is 0. The third-order valence-corrected chi connectivity index (χ3v) is 6.39. The van der Waals surface area contributed by atoms with Crippen LogP contribution in [0.1, 0.15) is 58.8 Å². The number of fused-ring (bicyclic) bond motifs is 2. The number of aliphatic hydroxyl groups is 2. The number of hydrogen-bond donors (Lipinski definition) is 3. The molecule has 3 N–H and O–H groups in total. The fourth-order valence-electron chi connectivity index (χ4n) is 4.75. The van der Waals surface area contributed by atoms with Gasteiger partial charge >= 0.3 is 35.5 Å². The number of carboxylic acids is 1. The van der Waals surface area contributed by atoms with Gasteiger partial charge in [-0.2, -0.15) is 0 Å². The molecule has 0 bridgehead atoms. The van der Waals surface area contributed by atoms with Gasteiger partial charge in [-0.15, -0.1) is 11.8 Å². The van der Waals surface area contributed by atoms with Crippen LogP contribution in [-0.4, -0.2) is 75.3 Å². The van der Waals surface area contributed by atoms with E-state index >= 15 is 0 Å². The molecule has 3 rings (SSSR count). The summed E-state index contributed by atoms with van der Waals surface area (Å²) in [4.78, 5) is 10.8. The molecule has 3 aliphatic rings.